The fourth-order valence-electron chi connectivity index (χ4n) is 3.44. The number of ether oxygens (including phenoxy) is 2. The molecule has 2 aromatic carbocycles. The van der Waals surface area contributed by atoms with E-state index in [9.17, 15) is 17.6 Å². The van der Waals surface area contributed by atoms with Gasteiger partial charge in [0.15, 0.2) is 11.5 Å². The van der Waals surface area contributed by atoms with Gasteiger partial charge in [0.2, 0.25) is 10.0 Å². The summed E-state index contributed by atoms with van der Waals surface area (Å²) in [6, 6.07) is 12.2. The fourth-order valence-corrected chi connectivity index (χ4v) is 4.89. The van der Waals surface area contributed by atoms with Crippen molar-refractivity contribution in [3.8, 4) is 11.5 Å². The van der Waals surface area contributed by atoms with Crippen LogP contribution in [-0.4, -0.2) is 38.9 Å². The normalized spacial score (nSPS) is 13.6. The van der Waals surface area contributed by atoms with Crippen molar-refractivity contribution in [1.82, 2.24) is 9.62 Å². The Balaban J connectivity index is 1.64. The average Bonchev–Trinajstić information content (AvgIpc) is 3.49. The summed E-state index contributed by atoms with van der Waals surface area (Å²) in [5.74, 6) is -0.566. The van der Waals surface area contributed by atoms with Crippen molar-refractivity contribution >= 4 is 15.9 Å². The van der Waals surface area contributed by atoms with E-state index in [0.717, 1.165) is 29.3 Å². The monoisotopic (exact) mass is 488 g/mol. The van der Waals surface area contributed by atoms with Crippen molar-refractivity contribution in [2.45, 2.75) is 36.9 Å². The molecule has 0 radical (unpaired) electrons. The highest BCUT2D eigenvalue weighted by atomic mass is 32.2. The minimum Gasteiger partial charge on any atom is -0.493 e. The van der Waals surface area contributed by atoms with Crippen LogP contribution in [0.5, 0.6) is 11.5 Å². The molecule has 1 N–H and O–H groups in total. The molecule has 0 atom stereocenters. The molecule has 10 heteroatoms. The number of methoxy groups -OCH3 is 2. The van der Waals surface area contributed by atoms with Gasteiger partial charge in [0.25, 0.3) is 5.91 Å². The maximum atomic E-state index is 14.9. The van der Waals surface area contributed by atoms with Crippen LogP contribution in [-0.2, 0) is 23.1 Å². The number of nitrogens with one attached hydrogen (secondary N) is 1. The van der Waals surface area contributed by atoms with Crippen LogP contribution in [0.1, 0.15) is 34.5 Å². The molecule has 1 aliphatic rings. The van der Waals surface area contributed by atoms with Crippen LogP contribution in [0.2, 0.25) is 0 Å². The Bertz CT molecular complexity index is 1260. The van der Waals surface area contributed by atoms with Crippen LogP contribution < -0.4 is 14.8 Å². The molecule has 1 aromatic heterocycles. The van der Waals surface area contributed by atoms with Gasteiger partial charge < -0.3 is 19.2 Å². The Kier molecular flexibility index (Phi) is 6.90. The molecule has 1 fully saturated rings. The summed E-state index contributed by atoms with van der Waals surface area (Å²) >= 11 is 0. The molecule has 1 aliphatic carbocycles. The lowest BCUT2D eigenvalue weighted by molar-refractivity contribution is 0.0951. The number of nitrogens with zero attached hydrogens (tertiary/aromatic N) is 1. The van der Waals surface area contributed by atoms with E-state index in [1.807, 2.05) is 0 Å². The smallest absolute Gasteiger partial charge is 0.251 e. The first-order valence-electron chi connectivity index (χ1n) is 10.7. The number of sulfonamides is 1. The van der Waals surface area contributed by atoms with Crippen LogP contribution in [0.4, 0.5) is 4.39 Å². The number of carbonyl (C=O) groups excluding carboxylic acids is 1. The zero-order chi connectivity index (χ0) is 24.3. The second kappa shape index (κ2) is 9.86. The lowest BCUT2D eigenvalue weighted by atomic mass is 10.1. The van der Waals surface area contributed by atoms with Gasteiger partial charge in [-0.15, -0.1) is 0 Å². The standard InChI is InChI=1S/C24H25FN2O6S/c1-31-21-12-20(25)23(13-22(21)32-2)34(29,30)27(15-19-4-3-11-33-19)14-16-5-7-17(8-6-16)24(28)26-18-9-10-18/h3-8,11-13,18H,9-10,14-15H2,1-2H3,(H,26,28). The minimum absolute atomic E-state index is 0.0681. The van der Waals surface area contributed by atoms with E-state index in [1.54, 1.807) is 36.4 Å². The molecule has 1 heterocycles. The average molecular weight is 489 g/mol. The molecule has 3 aromatic rings. The number of furan rings is 1. The van der Waals surface area contributed by atoms with Crippen molar-refractivity contribution in [2.75, 3.05) is 14.2 Å². The molecule has 0 saturated heterocycles. The topological polar surface area (TPSA) is 98.1 Å². The number of rotatable bonds is 10. The van der Waals surface area contributed by atoms with E-state index >= 15 is 0 Å². The zero-order valence-corrected chi connectivity index (χ0v) is 19.6. The molecular weight excluding hydrogens is 463 g/mol. The molecule has 1 saturated carbocycles. The molecule has 1 amide bonds. The van der Waals surface area contributed by atoms with Crippen LogP contribution in [0, 0.1) is 5.82 Å². The van der Waals surface area contributed by atoms with Crippen LogP contribution in [0.15, 0.2) is 64.1 Å². The molecule has 4 rings (SSSR count). The lowest BCUT2D eigenvalue weighted by Crippen LogP contribution is -2.31. The Morgan fingerprint density at radius 2 is 1.76 bits per heavy atom. The molecule has 8 nitrogen and oxygen atoms in total. The van der Waals surface area contributed by atoms with Crippen LogP contribution >= 0.6 is 0 Å². The second-order valence-corrected chi connectivity index (χ2v) is 9.84. The molecule has 0 bridgehead atoms. The lowest BCUT2D eigenvalue weighted by Gasteiger charge is -2.22. The SMILES string of the molecule is COc1cc(F)c(S(=O)(=O)N(Cc2ccc(C(=O)NC3CC3)cc2)Cc2ccco2)cc1OC. The highest BCUT2D eigenvalue weighted by Crippen LogP contribution is 2.34. The van der Waals surface area contributed by atoms with Crippen LogP contribution in [0.3, 0.4) is 0 Å². The minimum atomic E-state index is -4.31. The number of hydrogen-bond donors (Lipinski definition) is 1. The van der Waals surface area contributed by atoms with E-state index in [0.29, 0.717) is 16.9 Å². The first kappa shape index (κ1) is 23.8. The van der Waals surface area contributed by atoms with E-state index in [1.165, 1.54) is 20.5 Å². The molecule has 34 heavy (non-hydrogen) atoms. The van der Waals surface area contributed by atoms with Crippen molar-refractivity contribution in [3.63, 3.8) is 0 Å². The predicted octanol–water partition coefficient (Wildman–Crippen LogP) is 3.72. The summed E-state index contributed by atoms with van der Waals surface area (Å²) in [5, 5.41) is 2.91. The largest absolute Gasteiger partial charge is 0.493 e. The predicted molar refractivity (Wildman–Crippen MR) is 122 cm³/mol. The first-order chi connectivity index (χ1) is 16.3. The van der Waals surface area contributed by atoms with Crippen molar-refractivity contribution in [3.05, 3.63) is 77.5 Å². The number of benzene rings is 2. The number of amides is 1. The van der Waals surface area contributed by atoms with Crippen molar-refractivity contribution < 1.29 is 31.5 Å². The van der Waals surface area contributed by atoms with Crippen molar-refractivity contribution in [1.29, 1.82) is 0 Å². The van der Waals surface area contributed by atoms with E-state index in [4.69, 9.17) is 13.9 Å². The number of carbonyl (C=O) groups is 1. The maximum Gasteiger partial charge on any atom is 0.251 e. The van der Waals surface area contributed by atoms with Crippen LogP contribution in [0.25, 0.3) is 0 Å². The van der Waals surface area contributed by atoms with Gasteiger partial charge in [-0.25, -0.2) is 12.8 Å². The Morgan fingerprint density at radius 1 is 1.09 bits per heavy atom. The summed E-state index contributed by atoms with van der Waals surface area (Å²) in [7, 11) is -1.64. The van der Waals surface area contributed by atoms with E-state index in [2.05, 4.69) is 5.32 Å². The van der Waals surface area contributed by atoms with Gasteiger partial charge in [-0.05, 0) is 42.7 Å². The third-order valence-electron chi connectivity index (χ3n) is 5.46. The molecule has 0 aliphatic heterocycles. The summed E-state index contributed by atoms with van der Waals surface area (Å²) < 4.78 is 58.6. The summed E-state index contributed by atoms with van der Waals surface area (Å²) in [6.45, 7) is -0.186. The Morgan fingerprint density at radius 3 is 2.35 bits per heavy atom. The summed E-state index contributed by atoms with van der Waals surface area (Å²) in [4.78, 5) is 11.7. The zero-order valence-electron chi connectivity index (χ0n) is 18.8. The van der Waals surface area contributed by atoms with Gasteiger partial charge in [-0.1, -0.05) is 12.1 Å². The highest BCUT2D eigenvalue weighted by Gasteiger charge is 2.30. The highest BCUT2D eigenvalue weighted by molar-refractivity contribution is 7.89. The third kappa shape index (κ3) is 5.23. The van der Waals surface area contributed by atoms with Gasteiger partial charge in [-0.2, -0.15) is 4.31 Å². The molecule has 180 valence electrons. The van der Waals surface area contributed by atoms with Gasteiger partial charge in [0.1, 0.15) is 16.5 Å². The molecule has 0 unspecified atom stereocenters. The molecule has 0 spiro atoms. The van der Waals surface area contributed by atoms with Crippen molar-refractivity contribution in [2.24, 2.45) is 0 Å². The van der Waals surface area contributed by atoms with E-state index in [-0.39, 0.29) is 36.5 Å². The van der Waals surface area contributed by atoms with Gasteiger partial charge in [0, 0.05) is 30.3 Å². The van der Waals surface area contributed by atoms with Gasteiger partial charge in [-0.3, -0.25) is 4.79 Å². The van der Waals surface area contributed by atoms with E-state index < -0.39 is 20.7 Å². The number of hydrogen-bond acceptors (Lipinski definition) is 6. The molecular formula is C24H25FN2O6S. The summed E-state index contributed by atoms with van der Waals surface area (Å²) in [6.07, 6.45) is 3.40. The Hall–Kier alpha value is -3.37. The Labute approximate surface area is 197 Å². The van der Waals surface area contributed by atoms with Gasteiger partial charge in [0.05, 0.1) is 27.0 Å². The maximum absolute atomic E-state index is 14.9. The fraction of sp³-hybridized carbons (Fsp3) is 0.292. The number of halogens is 1. The second-order valence-electron chi connectivity index (χ2n) is 7.93. The first-order valence-corrected chi connectivity index (χ1v) is 12.1. The van der Waals surface area contributed by atoms with Gasteiger partial charge >= 0.3 is 0 Å². The third-order valence-corrected chi connectivity index (χ3v) is 7.26. The summed E-state index contributed by atoms with van der Waals surface area (Å²) in [5.41, 5.74) is 1.11. The quantitative estimate of drug-likeness (QED) is 0.467.